The third kappa shape index (κ3) is 2.42. The van der Waals surface area contributed by atoms with Crippen LogP contribution in [0.25, 0.3) is 0 Å². The number of fused-ring (bicyclic) bond motifs is 2. The molecule has 4 rings (SSSR count). The second-order valence-electron chi connectivity index (χ2n) is 5.66. The average molecular weight is 309 g/mol. The molecule has 0 spiro atoms. The van der Waals surface area contributed by atoms with Crippen molar-refractivity contribution in [3.63, 3.8) is 0 Å². The zero-order chi connectivity index (χ0) is 15.8. The van der Waals surface area contributed by atoms with E-state index in [-0.39, 0.29) is 23.3 Å². The number of aliphatic imine (C=N–C) groups is 1. The molecule has 1 heterocycles. The van der Waals surface area contributed by atoms with Crippen LogP contribution in [0.15, 0.2) is 47.5 Å². The number of anilines is 1. The number of nitro benzene ring substituents is 1. The minimum absolute atomic E-state index is 0.0697. The lowest BCUT2D eigenvalue weighted by Crippen LogP contribution is -2.23. The number of hydrogen-bond acceptors (Lipinski definition) is 4. The van der Waals surface area contributed by atoms with Gasteiger partial charge in [0.15, 0.2) is 0 Å². The fourth-order valence-electron chi connectivity index (χ4n) is 3.19. The van der Waals surface area contributed by atoms with Gasteiger partial charge in [-0.2, -0.15) is 0 Å². The van der Waals surface area contributed by atoms with E-state index >= 15 is 0 Å². The van der Waals surface area contributed by atoms with Crippen LogP contribution in [0, 0.1) is 10.1 Å². The van der Waals surface area contributed by atoms with Crippen LogP contribution in [0.1, 0.15) is 29.2 Å². The first-order valence-electron chi connectivity index (χ1n) is 7.54. The number of nitro groups is 1. The fourth-order valence-corrected chi connectivity index (χ4v) is 3.19. The Hall–Kier alpha value is -2.89. The van der Waals surface area contributed by atoms with Crippen LogP contribution >= 0.6 is 0 Å². The Balaban J connectivity index is 1.62. The molecule has 0 fully saturated rings. The largest absolute Gasteiger partial charge is 0.460 e. The van der Waals surface area contributed by atoms with Gasteiger partial charge in [0.2, 0.25) is 0 Å². The smallest absolute Gasteiger partial charge is 0.290 e. The first-order valence-corrected chi connectivity index (χ1v) is 7.54. The number of amidine groups is 1. The summed E-state index contributed by atoms with van der Waals surface area (Å²) in [4.78, 5) is 15.3. The van der Waals surface area contributed by atoms with E-state index in [1.54, 1.807) is 6.07 Å². The molecule has 6 heteroatoms. The lowest BCUT2D eigenvalue weighted by Gasteiger charge is -2.21. The maximum Gasteiger partial charge on any atom is 0.290 e. The SMILES string of the molecule is O=[N+]([O-])c1cccc2c1COC(=NC1CCc3ccccc31)N2. The molecule has 1 aliphatic heterocycles. The van der Waals surface area contributed by atoms with Gasteiger partial charge in [0.25, 0.3) is 11.7 Å². The molecule has 0 radical (unpaired) electrons. The zero-order valence-electron chi connectivity index (χ0n) is 12.4. The molecular formula is C17H15N3O3. The van der Waals surface area contributed by atoms with Gasteiger partial charge < -0.3 is 10.1 Å². The molecule has 1 N–H and O–H groups in total. The van der Waals surface area contributed by atoms with Crippen molar-refractivity contribution in [2.45, 2.75) is 25.5 Å². The molecule has 2 aromatic carbocycles. The molecule has 2 aromatic rings. The Morgan fingerprint density at radius 2 is 2.09 bits per heavy atom. The summed E-state index contributed by atoms with van der Waals surface area (Å²) in [5.41, 5.74) is 3.88. The average Bonchev–Trinajstić information content (AvgIpc) is 2.97. The van der Waals surface area contributed by atoms with Crippen molar-refractivity contribution < 1.29 is 9.66 Å². The molecule has 0 saturated heterocycles. The van der Waals surface area contributed by atoms with Crippen LogP contribution in [0.3, 0.4) is 0 Å². The van der Waals surface area contributed by atoms with Gasteiger partial charge in [0, 0.05) is 6.07 Å². The summed E-state index contributed by atoms with van der Waals surface area (Å²) in [6.07, 6.45) is 1.97. The van der Waals surface area contributed by atoms with Crippen molar-refractivity contribution in [1.82, 2.24) is 0 Å². The molecule has 2 aliphatic rings. The normalized spacial score (nSPS) is 20.3. The van der Waals surface area contributed by atoms with Gasteiger partial charge in [-0.3, -0.25) is 10.1 Å². The molecule has 116 valence electrons. The Morgan fingerprint density at radius 3 is 2.96 bits per heavy atom. The van der Waals surface area contributed by atoms with E-state index in [0.717, 1.165) is 12.8 Å². The fraction of sp³-hybridized carbons (Fsp3) is 0.235. The van der Waals surface area contributed by atoms with Gasteiger partial charge in [-0.1, -0.05) is 30.3 Å². The van der Waals surface area contributed by atoms with Crippen molar-refractivity contribution >= 4 is 17.4 Å². The monoisotopic (exact) mass is 309 g/mol. The Kier molecular flexibility index (Phi) is 3.22. The summed E-state index contributed by atoms with van der Waals surface area (Å²) in [6.45, 7) is 0.159. The molecular weight excluding hydrogens is 294 g/mol. The first kappa shape index (κ1) is 13.8. The van der Waals surface area contributed by atoms with Gasteiger partial charge in [-0.05, 0) is 30.0 Å². The predicted molar refractivity (Wildman–Crippen MR) is 86.4 cm³/mol. The highest BCUT2D eigenvalue weighted by molar-refractivity contribution is 5.92. The number of aryl methyl sites for hydroxylation is 1. The molecule has 0 saturated carbocycles. The second kappa shape index (κ2) is 5.39. The molecule has 1 atom stereocenters. The minimum atomic E-state index is -0.390. The van der Waals surface area contributed by atoms with Crippen LogP contribution in [0.2, 0.25) is 0 Å². The summed E-state index contributed by atoms with van der Waals surface area (Å²) in [5.74, 6) is 0. The van der Waals surface area contributed by atoms with Gasteiger partial charge in [-0.15, -0.1) is 0 Å². The van der Waals surface area contributed by atoms with Gasteiger partial charge in [-0.25, -0.2) is 4.99 Å². The van der Waals surface area contributed by atoms with Crippen LogP contribution < -0.4 is 5.32 Å². The standard InChI is InChI=1S/C17H15N3O3/c21-20(22)16-7-3-6-14-13(16)10-23-17(18-14)19-15-9-8-11-4-1-2-5-12(11)15/h1-7,15H,8-10H2,(H,18,19). The summed E-state index contributed by atoms with van der Waals surface area (Å²) >= 11 is 0. The van der Waals surface area contributed by atoms with E-state index in [0.29, 0.717) is 17.3 Å². The Bertz CT molecular complexity index is 816. The van der Waals surface area contributed by atoms with Crippen molar-refractivity contribution in [2.24, 2.45) is 4.99 Å². The Labute approximate surface area is 133 Å². The lowest BCUT2D eigenvalue weighted by atomic mass is 10.1. The number of nitrogens with zero attached hydrogens (tertiary/aromatic N) is 2. The minimum Gasteiger partial charge on any atom is -0.460 e. The highest BCUT2D eigenvalue weighted by Crippen LogP contribution is 2.35. The highest BCUT2D eigenvalue weighted by atomic mass is 16.6. The zero-order valence-corrected chi connectivity index (χ0v) is 12.4. The van der Waals surface area contributed by atoms with E-state index in [9.17, 15) is 10.1 Å². The number of hydrogen-bond donors (Lipinski definition) is 1. The molecule has 6 nitrogen and oxygen atoms in total. The topological polar surface area (TPSA) is 76.8 Å². The molecule has 1 aliphatic carbocycles. The third-order valence-corrected chi connectivity index (χ3v) is 4.32. The van der Waals surface area contributed by atoms with E-state index in [4.69, 9.17) is 4.74 Å². The first-order chi connectivity index (χ1) is 11.2. The summed E-state index contributed by atoms with van der Waals surface area (Å²) in [7, 11) is 0. The molecule has 0 amide bonds. The number of ether oxygens (including phenoxy) is 1. The number of benzene rings is 2. The lowest BCUT2D eigenvalue weighted by molar-refractivity contribution is -0.385. The van der Waals surface area contributed by atoms with E-state index in [1.165, 1.54) is 17.2 Å². The molecule has 0 bridgehead atoms. The highest BCUT2D eigenvalue weighted by Gasteiger charge is 2.26. The maximum absolute atomic E-state index is 11.1. The second-order valence-corrected chi connectivity index (χ2v) is 5.66. The maximum atomic E-state index is 11.1. The van der Waals surface area contributed by atoms with Crippen LogP contribution in [-0.4, -0.2) is 10.9 Å². The van der Waals surface area contributed by atoms with Crippen molar-refractivity contribution in [3.05, 3.63) is 69.3 Å². The van der Waals surface area contributed by atoms with Crippen LogP contribution in [0.4, 0.5) is 11.4 Å². The van der Waals surface area contributed by atoms with Crippen LogP contribution in [0.5, 0.6) is 0 Å². The predicted octanol–water partition coefficient (Wildman–Crippen LogP) is 3.58. The number of nitrogens with one attached hydrogen (secondary N) is 1. The van der Waals surface area contributed by atoms with Crippen molar-refractivity contribution in [1.29, 1.82) is 0 Å². The molecule has 1 unspecified atom stereocenters. The summed E-state index contributed by atoms with van der Waals surface area (Å²) in [5, 5.41) is 14.1. The van der Waals surface area contributed by atoms with Crippen LogP contribution in [-0.2, 0) is 17.8 Å². The molecule has 0 aromatic heterocycles. The third-order valence-electron chi connectivity index (χ3n) is 4.32. The van der Waals surface area contributed by atoms with Crippen molar-refractivity contribution in [2.75, 3.05) is 5.32 Å². The Morgan fingerprint density at radius 1 is 1.22 bits per heavy atom. The van der Waals surface area contributed by atoms with Gasteiger partial charge in [0.05, 0.1) is 22.2 Å². The van der Waals surface area contributed by atoms with Crippen molar-refractivity contribution in [3.8, 4) is 0 Å². The van der Waals surface area contributed by atoms with Gasteiger partial charge in [0.1, 0.15) is 6.61 Å². The summed E-state index contributed by atoms with van der Waals surface area (Å²) in [6, 6.07) is 13.8. The quantitative estimate of drug-likeness (QED) is 0.679. The molecule has 23 heavy (non-hydrogen) atoms. The number of rotatable bonds is 2. The van der Waals surface area contributed by atoms with E-state index in [1.807, 2.05) is 18.2 Å². The van der Waals surface area contributed by atoms with E-state index < -0.39 is 0 Å². The van der Waals surface area contributed by atoms with Gasteiger partial charge >= 0.3 is 0 Å². The van der Waals surface area contributed by atoms with E-state index in [2.05, 4.69) is 22.4 Å². The summed E-state index contributed by atoms with van der Waals surface area (Å²) < 4.78 is 5.61.